The fourth-order valence-corrected chi connectivity index (χ4v) is 1.85. The first kappa shape index (κ1) is 16.0. The lowest BCUT2D eigenvalue weighted by Crippen LogP contribution is -2.15. The van der Waals surface area contributed by atoms with Gasteiger partial charge < -0.3 is 15.9 Å². The van der Waals surface area contributed by atoms with E-state index in [0.29, 0.717) is 17.0 Å². The molecule has 7 heteroatoms. The smallest absolute Gasteiger partial charge is 0.335 e. The van der Waals surface area contributed by atoms with Crippen LogP contribution in [0.1, 0.15) is 33.2 Å². The normalized spacial score (nSPS) is 11.1. The van der Waals surface area contributed by atoms with Crippen LogP contribution in [0.4, 0.5) is 5.69 Å². The van der Waals surface area contributed by atoms with E-state index < -0.39 is 17.6 Å². The topological polar surface area (TPSA) is 128 Å². The molecule has 2 rings (SSSR count). The number of nitrogens with two attached hydrogens (primary N) is 1. The zero-order valence-electron chi connectivity index (χ0n) is 12.2. The van der Waals surface area contributed by atoms with Gasteiger partial charge in [-0.05, 0) is 42.8 Å². The van der Waals surface area contributed by atoms with Gasteiger partial charge in [0.15, 0.2) is 0 Å². The number of carboxylic acids is 1. The molecule has 0 unspecified atom stereocenters. The third kappa shape index (κ3) is 3.85. The molecule has 0 saturated heterocycles. The molecule has 1 amide bonds. The summed E-state index contributed by atoms with van der Waals surface area (Å²) in [6, 6.07) is 10.3. The second-order valence-electron chi connectivity index (χ2n) is 4.77. The highest BCUT2D eigenvalue weighted by molar-refractivity contribution is 6.03. The van der Waals surface area contributed by atoms with Crippen LogP contribution in [0.25, 0.3) is 0 Å². The summed E-state index contributed by atoms with van der Waals surface area (Å²) in [5.74, 6) is -2.24. The molecule has 0 aromatic heterocycles. The summed E-state index contributed by atoms with van der Waals surface area (Å²) in [5.41, 5.74) is 9.71. The van der Waals surface area contributed by atoms with Crippen LogP contribution < -0.4 is 16.3 Å². The first-order valence-electron chi connectivity index (χ1n) is 6.63. The van der Waals surface area contributed by atoms with Gasteiger partial charge in [0.2, 0.25) is 5.91 Å². The Labute approximate surface area is 132 Å². The minimum atomic E-state index is -1.01. The summed E-state index contributed by atoms with van der Waals surface area (Å²) >= 11 is 0. The summed E-state index contributed by atoms with van der Waals surface area (Å²) in [6.45, 7) is 1.70. The van der Waals surface area contributed by atoms with Gasteiger partial charge in [0.1, 0.15) is 0 Å². The summed E-state index contributed by atoms with van der Waals surface area (Å²) < 4.78 is 0. The predicted molar refractivity (Wildman–Crippen MR) is 83.6 cm³/mol. The lowest BCUT2D eigenvalue weighted by Gasteiger charge is -2.12. The number of nitrogens with one attached hydrogen (secondary N) is 1. The van der Waals surface area contributed by atoms with Crippen LogP contribution in [0, 0.1) is 0 Å². The molecular weight excluding hydrogens is 298 g/mol. The number of carbonyl (C=O) groups excluding carboxylic acids is 1. The Balaban J connectivity index is 2.18. The fraction of sp³-hybridized carbons (Fsp3) is 0.0625. The number of anilines is 1. The third-order valence-electron chi connectivity index (χ3n) is 3.15. The van der Waals surface area contributed by atoms with Gasteiger partial charge in [-0.2, -0.15) is 5.10 Å². The first-order chi connectivity index (χ1) is 10.9. The standard InChI is InChI=1S/C16H15N3O4/c1-9(11-4-7-14(20)13(8-11)15(17)21)18-19-12-5-2-10(3-6-12)16(22)23/h2-8,19-20H,1H3,(H2,17,21)(H,22,23)/p-1/b18-9+. The number of aromatic carboxylic acids is 1. The highest BCUT2D eigenvalue weighted by Crippen LogP contribution is 2.16. The van der Waals surface area contributed by atoms with Crippen molar-refractivity contribution < 1.29 is 19.8 Å². The van der Waals surface area contributed by atoms with Crippen LogP contribution in [-0.4, -0.2) is 22.7 Å². The van der Waals surface area contributed by atoms with Crippen molar-refractivity contribution in [2.24, 2.45) is 10.8 Å². The molecule has 4 N–H and O–H groups in total. The minimum Gasteiger partial charge on any atom is -0.872 e. The summed E-state index contributed by atoms with van der Waals surface area (Å²) in [6.07, 6.45) is 0. The maximum absolute atomic E-state index is 11.5. The number of primary amides is 1. The minimum absolute atomic E-state index is 0.0946. The van der Waals surface area contributed by atoms with Crippen LogP contribution in [-0.2, 0) is 0 Å². The Morgan fingerprint density at radius 3 is 2.30 bits per heavy atom. The molecule has 0 fully saturated rings. The second kappa shape index (κ2) is 6.61. The first-order valence-corrected chi connectivity index (χ1v) is 6.63. The largest absolute Gasteiger partial charge is 0.872 e. The van der Waals surface area contributed by atoms with E-state index in [-0.39, 0.29) is 11.1 Å². The average molecular weight is 312 g/mol. The molecule has 23 heavy (non-hydrogen) atoms. The molecule has 2 aromatic carbocycles. The molecule has 118 valence electrons. The highest BCUT2D eigenvalue weighted by Gasteiger charge is 2.05. The van der Waals surface area contributed by atoms with E-state index in [9.17, 15) is 14.7 Å². The number of carboxylic acid groups (broad SMARTS) is 1. The fourth-order valence-electron chi connectivity index (χ4n) is 1.85. The van der Waals surface area contributed by atoms with Crippen molar-refractivity contribution in [2.75, 3.05) is 5.43 Å². The van der Waals surface area contributed by atoms with Gasteiger partial charge in [0, 0.05) is 5.56 Å². The van der Waals surface area contributed by atoms with E-state index in [0.717, 1.165) is 0 Å². The molecule has 0 aliphatic heterocycles. The Hall–Kier alpha value is -3.35. The van der Waals surface area contributed by atoms with Crippen molar-refractivity contribution in [2.45, 2.75) is 6.92 Å². The van der Waals surface area contributed by atoms with Crippen LogP contribution in [0.2, 0.25) is 0 Å². The molecule has 0 heterocycles. The Morgan fingerprint density at radius 2 is 1.74 bits per heavy atom. The monoisotopic (exact) mass is 312 g/mol. The summed E-state index contributed by atoms with van der Waals surface area (Å²) in [4.78, 5) is 21.9. The van der Waals surface area contributed by atoms with Gasteiger partial charge in [-0.1, -0.05) is 17.9 Å². The van der Waals surface area contributed by atoms with E-state index in [2.05, 4.69) is 10.5 Å². The van der Waals surface area contributed by atoms with Crippen molar-refractivity contribution in [3.63, 3.8) is 0 Å². The quantitative estimate of drug-likeness (QED) is 0.568. The van der Waals surface area contributed by atoms with Gasteiger partial charge in [0.05, 0.1) is 17.0 Å². The van der Waals surface area contributed by atoms with Crippen molar-refractivity contribution in [1.82, 2.24) is 0 Å². The molecular formula is C16H14N3O4-. The van der Waals surface area contributed by atoms with Crippen molar-refractivity contribution in [3.05, 3.63) is 59.2 Å². The number of hydrogen-bond acceptors (Lipinski definition) is 5. The SMILES string of the molecule is C/C(=N\Nc1ccc(C(=O)O)cc1)c1ccc([O-])c(C(N)=O)c1. The Morgan fingerprint density at radius 1 is 1.13 bits per heavy atom. The van der Waals surface area contributed by atoms with E-state index in [1.165, 1.54) is 24.3 Å². The molecule has 0 spiro atoms. The van der Waals surface area contributed by atoms with Gasteiger partial charge >= 0.3 is 5.97 Å². The summed E-state index contributed by atoms with van der Waals surface area (Å²) in [5, 5.41) is 24.5. The zero-order valence-corrected chi connectivity index (χ0v) is 12.2. The third-order valence-corrected chi connectivity index (χ3v) is 3.15. The van der Waals surface area contributed by atoms with Gasteiger partial charge in [-0.3, -0.25) is 10.2 Å². The van der Waals surface area contributed by atoms with E-state index >= 15 is 0 Å². The summed E-state index contributed by atoms with van der Waals surface area (Å²) in [7, 11) is 0. The van der Waals surface area contributed by atoms with E-state index in [1.807, 2.05) is 0 Å². The van der Waals surface area contributed by atoms with E-state index in [1.54, 1.807) is 25.1 Å². The Bertz CT molecular complexity index is 782. The molecule has 0 atom stereocenters. The second-order valence-corrected chi connectivity index (χ2v) is 4.77. The van der Waals surface area contributed by atoms with Gasteiger partial charge in [-0.25, -0.2) is 4.79 Å². The highest BCUT2D eigenvalue weighted by atomic mass is 16.4. The number of rotatable bonds is 5. The lowest BCUT2D eigenvalue weighted by molar-refractivity contribution is -0.268. The molecule has 0 aliphatic rings. The van der Waals surface area contributed by atoms with Crippen molar-refractivity contribution in [3.8, 4) is 5.75 Å². The lowest BCUT2D eigenvalue weighted by atomic mass is 10.1. The van der Waals surface area contributed by atoms with Crippen LogP contribution in [0.5, 0.6) is 5.75 Å². The van der Waals surface area contributed by atoms with Crippen LogP contribution in [0.15, 0.2) is 47.6 Å². The molecule has 2 aromatic rings. The van der Waals surface area contributed by atoms with Crippen LogP contribution >= 0.6 is 0 Å². The predicted octanol–water partition coefficient (Wildman–Crippen LogP) is 1.39. The number of amides is 1. The van der Waals surface area contributed by atoms with Crippen molar-refractivity contribution >= 4 is 23.3 Å². The number of carbonyl (C=O) groups is 2. The number of hydrazone groups is 1. The van der Waals surface area contributed by atoms with Gasteiger partial charge in [0.25, 0.3) is 0 Å². The number of nitrogens with zero attached hydrogens (tertiary/aromatic N) is 1. The molecule has 0 bridgehead atoms. The van der Waals surface area contributed by atoms with E-state index in [4.69, 9.17) is 10.8 Å². The molecule has 0 aliphatic carbocycles. The molecule has 0 radical (unpaired) electrons. The Kier molecular flexibility index (Phi) is 4.61. The van der Waals surface area contributed by atoms with Crippen LogP contribution in [0.3, 0.4) is 0 Å². The van der Waals surface area contributed by atoms with Crippen molar-refractivity contribution in [1.29, 1.82) is 0 Å². The average Bonchev–Trinajstić information content (AvgIpc) is 2.53. The number of benzene rings is 2. The zero-order chi connectivity index (χ0) is 17.0. The van der Waals surface area contributed by atoms with Gasteiger partial charge in [-0.15, -0.1) is 0 Å². The number of hydrogen-bond donors (Lipinski definition) is 3. The molecule has 0 saturated carbocycles. The maximum Gasteiger partial charge on any atom is 0.335 e. The maximum atomic E-state index is 11.5. The molecule has 7 nitrogen and oxygen atoms in total.